The highest BCUT2D eigenvalue weighted by Gasteiger charge is 2.32. The molecule has 1 aromatic rings. The molecule has 0 radical (unpaired) electrons. The Bertz CT molecular complexity index is 444. The average Bonchev–Trinajstić information content (AvgIpc) is 2.12. The minimum absolute atomic E-state index is 0.120. The van der Waals surface area contributed by atoms with Gasteiger partial charge in [0.2, 0.25) is 5.91 Å². The maximum atomic E-state index is 12.7. The Hall–Kier alpha value is -0.940. The van der Waals surface area contributed by atoms with Gasteiger partial charge in [0.25, 0.3) is 0 Å². The van der Waals surface area contributed by atoms with E-state index in [1.165, 1.54) is 12.1 Å². The van der Waals surface area contributed by atoms with Gasteiger partial charge in [0.1, 0.15) is 11.2 Å². The summed E-state index contributed by atoms with van der Waals surface area (Å²) in [6.45, 7) is 0. The van der Waals surface area contributed by atoms with Crippen LogP contribution in [0.1, 0.15) is 6.42 Å². The molecule has 1 heterocycles. The summed E-state index contributed by atoms with van der Waals surface area (Å²) in [7, 11) is -1.41. The van der Waals surface area contributed by atoms with E-state index in [0.717, 1.165) is 6.07 Å². The van der Waals surface area contributed by atoms with Crippen LogP contribution in [-0.2, 0) is 15.6 Å². The molecule has 3 nitrogen and oxygen atoms in total. The summed E-state index contributed by atoms with van der Waals surface area (Å²) >= 11 is 5.74. The molecule has 1 amide bonds. The molecule has 2 rings (SSSR count). The third kappa shape index (κ3) is 2.03. The molecule has 0 bridgehead atoms. The van der Waals surface area contributed by atoms with Crippen LogP contribution < -0.4 is 5.32 Å². The van der Waals surface area contributed by atoms with Crippen LogP contribution in [0, 0.1) is 5.82 Å². The Balaban J connectivity index is 2.22. The summed E-state index contributed by atoms with van der Waals surface area (Å²) < 4.78 is 24.5. The van der Waals surface area contributed by atoms with Crippen molar-refractivity contribution in [2.75, 3.05) is 0 Å². The van der Waals surface area contributed by atoms with Gasteiger partial charge in [-0.25, -0.2) is 4.39 Å². The van der Waals surface area contributed by atoms with E-state index >= 15 is 0 Å². The third-order valence-electron chi connectivity index (χ3n) is 2.06. The number of benzene rings is 1. The number of nitrogens with one attached hydrogen (secondary N) is 1. The molecule has 0 saturated carbocycles. The number of amides is 1. The predicted molar refractivity (Wildman–Crippen MR) is 54.4 cm³/mol. The van der Waals surface area contributed by atoms with Crippen LogP contribution in [0.25, 0.3) is 0 Å². The molecule has 1 N–H and O–H groups in total. The maximum absolute atomic E-state index is 12.7. The van der Waals surface area contributed by atoms with Crippen LogP contribution in [-0.4, -0.2) is 15.5 Å². The number of carbonyl (C=O) groups is 1. The summed E-state index contributed by atoms with van der Waals surface area (Å²) in [5.41, 5.74) is 0. The zero-order chi connectivity index (χ0) is 11.0. The highest BCUT2D eigenvalue weighted by molar-refractivity contribution is 7.86. The van der Waals surface area contributed by atoms with Gasteiger partial charge in [-0.15, -0.1) is 0 Å². The number of rotatable bonds is 2. The van der Waals surface area contributed by atoms with Crippen LogP contribution in [0.2, 0.25) is 5.02 Å². The first-order valence-corrected chi connectivity index (χ1v) is 5.82. The summed E-state index contributed by atoms with van der Waals surface area (Å²) in [5, 5.41) is 2.21. The topological polar surface area (TPSA) is 46.2 Å². The van der Waals surface area contributed by atoms with Crippen molar-refractivity contribution in [3.05, 3.63) is 29.0 Å². The van der Waals surface area contributed by atoms with Crippen LogP contribution in [0.15, 0.2) is 23.1 Å². The smallest absolute Gasteiger partial charge is 0.224 e. The fraction of sp³-hybridized carbons (Fsp3) is 0.222. The van der Waals surface area contributed by atoms with Crippen LogP contribution >= 0.6 is 11.6 Å². The second-order valence-electron chi connectivity index (χ2n) is 3.13. The standard InChI is InChI=1S/C9H7ClFNO2S/c10-6-3-5(11)1-2-7(6)15(14)9-4-8(13)12-9/h1-3,9H,4H2,(H,12,13). The van der Waals surface area contributed by atoms with E-state index in [1.807, 2.05) is 0 Å². The highest BCUT2D eigenvalue weighted by atomic mass is 35.5. The molecule has 1 saturated heterocycles. The largest absolute Gasteiger partial charge is 0.341 e. The third-order valence-corrected chi connectivity index (χ3v) is 4.08. The molecule has 80 valence electrons. The Morgan fingerprint density at radius 1 is 1.53 bits per heavy atom. The Kier molecular flexibility index (Phi) is 2.75. The molecule has 0 aromatic heterocycles. The lowest BCUT2D eigenvalue weighted by molar-refractivity contribution is -0.126. The molecule has 1 aliphatic rings. The van der Waals surface area contributed by atoms with E-state index < -0.39 is 22.0 Å². The fourth-order valence-corrected chi connectivity index (χ4v) is 2.94. The van der Waals surface area contributed by atoms with Gasteiger partial charge in [-0.1, -0.05) is 11.6 Å². The highest BCUT2D eigenvalue weighted by Crippen LogP contribution is 2.25. The van der Waals surface area contributed by atoms with Gasteiger partial charge in [-0.3, -0.25) is 9.00 Å². The number of hydrogen-bond acceptors (Lipinski definition) is 2. The first kappa shape index (κ1) is 10.6. The normalized spacial score (nSPS) is 21.7. The molecule has 2 atom stereocenters. The Morgan fingerprint density at radius 2 is 2.20 bits per heavy atom. The van der Waals surface area contributed by atoms with E-state index in [-0.39, 0.29) is 17.4 Å². The van der Waals surface area contributed by atoms with Crippen LogP contribution in [0.4, 0.5) is 4.39 Å². The summed E-state index contributed by atoms with van der Waals surface area (Å²) in [4.78, 5) is 11.0. The SMILES string of the molecule is O=C1CC(S(=O)c2ccc(F)cc2Cl)N1. The van der Waals surface area contributed by atoms with Gasteiger partial charge >= 0.3 is 0 Å². The number of β-lactam (4-membered cyclic amide) rings is 1. The lowest BCUT2D eigenvalue weighted by Gasteiger charge is -2.26. The molecule has 15 heavy (non-hydrogen) atoms. The summed E-state index contributed by atoms with van der Waals surface area (Å²) in [6, 6.07) is 3.67. The second kappa shape index (κ2) is 3.90. The molecule has 2 unspecified atom stereocenters. The average molecular weight is 248 g/mol. The van der Waals surface area contributed by atoms with E-state index in [2.05, 4.69) is 5.32 Å². The van der Waals surface area contributed by atoms with Crippen LogP contribution in [0.5, 0.6) is 0 Å². The quantitative estimate of drug-likeness (QED) is 0.804. The van der Waals surface area contributed by atoms with E-state index in [0.29, 0.717) is 4.90 Å². The van der Waals surface area contributed by atoms with E-state index in [9.17, 15) is 13.4 Å². The van der Waals surface area contributed by atoms with Crippen molar-refractivity contribution in [2.24, 2.45) is 0 Å². The Morgan fingerprint density at radius 3 is 2.73 bits per heavy atom. The monoisotopic (exact) mass is 247 g/mol. The zero-order valence-electron chi connectivity index (χ0n) is 7.50. The van der Waals surface area contributed by atoms with Crippen molar-refractivity contribution in [1.82, 2.24) is 5.32 Å². The molecule has 0 aliphatic carbocycles. The summed E-state index contributed by atoms with van der Waals surface area (Å²) in [5.74, 6) is -0.607. The van der Waals surface area contributed by atoms with Gasteiger partial charge in [0.05, 0.1) is 27.1 Å². The molecular weight excluding hydrogens is 241 g/mol. The molecule has 1 aliphatic heterocycles. The minimum atomic E-state index is -1.41. The lowest BCUT2D eigenvalue weighted by Crippen LogP contribution is -2.50. The van der Waals surface area contributed by atoms with Crippen molar-refractivity contribution >= 4 is 28.3 Å². The maximum Gasteiger partial charge on any atom is 0.224 e. The fourth-order valence-electron chi connectivity index (χ4n) is 1.25. The number of halogens is 2. The number of hydrogen-bond donors (Lipinski definition) is 1. The molecule has 1 fully saturated rings. The Labute approximate surface area is 93.1 Å². The lowest BCUT2D eigenvalue weighted by atomic mass is 10.3. The molecule has 6 heteroatoms. The van der Waals surface area contributed by atoms with E-state index in [1.54, 1.807) is 0 Å². The van der Waals surface area contributed by atoms with Gasteiger partial charge in [-0.2, -0.15) is 0 Å². The first-order chi connectivity index (χ1) is 7.08. The van der Waals surface area contributed by atoms with Crippen LogP contribution in [0.3, 0.4) is 0 Å². The molecule has 0 spiro atoms. The van der Waals surface area contributed by atoms with Crippen molar-refractivity contribution in [3.8, 4) is 0 Å². The summed E-state index contributed by atoms with van der Waals surface area (Å²) in [6.07, 6.45) is 0.223. The van der Waals surface area contributed by atoms with E-state index in [4.69, 9.17) is 11.6 Å². The van der Waals surface area contributed by atoms with Gasteiger partial charge in [0, 0.05) is 0 Å². The molecular formula is C9H7ClFNO2S. The number of carbonyl (C=O) groups excluding carboxylic acids is 1. The van der Waals surface area contributed by atoms with Gasteiger partial charge in [-0.05, 0) is 18.2 Å². The molecule has 1 aromatic carbocycles. The second-order valence-corrected chi connectivity index (χ2v) is 5.14. The van der Waals surface area contributed by atoms with Crippen molar-refractivity contribution < 1.29 is 13.4 Å². The van der Waals surface area contributed by atoms with Crippen molar-refractivity contribution in [1.29, 1.82) is 0 Å². The van der Waals surface area contributed by atoms with Crippen molar-refractivity contribution in [3.63, 3.8) is 0 Å². The van der Waals surface area contributed by atoms with Gasteiger partial charge < -0.3 is 5.32 Å². The van der Waals surface area contributed by atoms with Gasteiger partial charge in [0.15, 0.2) is 0 Å². The zero-order valence-corrected chi connectivity index (χ0v) is 9.07. The predicted octanol–water partition coefficient (Wildman–Crippen LogP) is 1.43. The van der Waals surface area contributed by atoms with Crippen molar-refractivity contribution in [2.45, 2.75) is 16.7 Å². The minimum Gasteiger partial charge on any atom is -0.341 e. The first-order valence-electron chi connectivity index (χ1n) is 4.23.